The first kappa shape index (κ1) is 21.5. The number of aryl methyl sites for hydroxylation is 2. The molecule has 1 aliphatic heterocycles. The molecule has 148 valence electrons. The summed E-state index contributed by atoms with van der Waals surface area (Å²) in [5, 5.41) is 7.43. The lowest BCUT2D eigenvalue weighted by Crippen LogP contribution is -2.52. The van der Waals surface area contributed by atoms with Crippen molar-refractivity contribution >= 4 is 35.6 Å². The van der Waals surface area contributed by atoms with Crippen molar-refractivity contribution in [3.05, 3.63) is 46.8 Å². The number of anilines is 1. The molecule has 6 nitrogen and oxygen atoms in total. The van der Waals surface area contributed by atoms with Crippen molar-refractivity contribution in [2.75, 3.05) is 38.1 Å². The minimum Gasteiger partial charge on any atom is -0.368 e. The van der Waals surface area contributed by atoms with E-state index in [-0.39, 0.29) is 24.0 Å². The van der Waals surface area contributed by atoms with Gasteiger partial charge >= 0.3 is 0 Å². The zero-order valence-electron chi connectivity index (χ0n) is 16.7. The summed E-state index contributed by atoms with van der Waals surface area (Å²) >= 11 is 0. The molecule has 1 aliphatic rings. The van der Waals surface area contributed by atoms with Crippen LogP contribution < -0.4 is 10.2 Å². The lowest BCUT2D eigenvalue weighted by Gasteiger charge is -2.38. The van der Waals surface area contributed by atoms with E-state index in [0.717, 1.165) is 50.0 Å². The number of benzene rings is 1. The van der Waals surface area contributed by atoms with E-state index in [1.807, 2.05) is 13.1 Å². The average Bonchev–Trinajstić information content (AvgIpc) is 3.13. The van der Waals surface area contributed by atoms with Crippen molar-refractivity contribution in [3.63, 3.8) is 0 Å². The van der Waals surface area contributed by atoms with Gasteiger partial charge in [0.1, 0.15) is 0 Å². The summed E-state index contributed by atoms with van der Waals surface area (Å²) in [6.45, 7) is 10.9. The molecule has 27 heavy (non-hydrogen) atoms. The summed E-state index contributed by atoms with van der Waals surface area (Å²) in [4.78, 5) is 9.21. The predicted octanol–water partition coefficient (Wildman–Crippen LogP) is 3.37. The van der Waals surface area contributed by atoms with Crippen LogP contribution in [0.2, 0.25) is 0 Å². The van der Waals surface area contributed by atoms with Crippen LogP contribution in [0.15, 0.2) is 33.8 Å². The normalized spacial score (nSPS) is 14.9. The van der Waals surface area contributed by atoms with Crippen LogP contribution >= 0.6 is 24.0 Å². The van der Waals surface area contributed by atoms with Gasteiger partial charge in [0.25, 0.3) is 0 Å². The molecule has 7 heteroatoms. The van der Waals surface area contributed by atoms with E-state index >= 15 is 0 Å². The second-order valence-electron chi connectivity index (χ2n) is 6.73. The minimum absolute atomic E-state index is 0. The molecule has 3 rings (SSSR count). The lowest BCUT2D eigenvalue weighted by molar-refractivity contribution is 0.356. The fourth-order valence-electron chi connectivity index (χ4n) is 3.34. The first-order valence-corrected chi connectivity index (χ1v) is 9.33. The summed E-state index contributed by atoms with van der Waals surface area (Å²) in [5.74, 6) is 1.76. The summed E-state index contributed by atoms with van der Waals surface area (Å²) in [6, 6.07) is 8.54. The number of rotatable bonds is 4. The molecular weight excluding hydrogens is 453 g/mol. The summed E-state index contributed by atoms with van der Waals surface area (Å²) in [6.07, 6.45) is 0.887. The van der Waals surface area contributed by atoms with Crippen molar-refractivity contribution in [2.45, 2.75) is 33.7 Å². The summed E-state index contributed by atoms with van der Waals surface area (Å²) in [7, 11) is 1.83. The van der Waals surface area contributed by atoms with Gasteiger partial charge in [-0.25, -0.2) is 0 Å². The zero-order valence-corrected chi connectivity index (χ0v) is 19.0. The van der Waals surface area contributed by atoms with E-state index in [1.54, 1.807) is 0 Å². The molecular formula is C20H30IN5O. The standard InChI is InChI=1S/C20H29N5O.HI/c1-5-17-13-18(26-23-17)14-22-20(21-4)25-11-9-24(10-12-25)19-8-6-7-15(2)16(19)3;/h6-8,13H,5,9-12,14H2,1-4H3,(H,21,22);1H. The zero-order chi connectivity index (χ0) is 18.5. The number of halogens is 1. The number of piperazine rings is 1. The third-order valence-corrected chi connectivity index (χ3v) is 5.10. The quantitative estimate of drug-likeness (QED) is 0.411. The fraction of sp³-hybridized carbons (Fsp3) is 0.500. The van der Waals surface area contributed by atoms with Crippen LogP contribution in [0.5, 0.6) is 0 Å². The van der Waals surface area contributed by atoms with Gasteiger partial charge in [-0.2, -0.15) is 0 Å². The molecule has 2 heterocycles. The van der Waals surface area contributed by atoms with Gasteiger partial charge in [0.2, 0.25) is 0 Å². The highest BCUT2D eigenvalue weighted by Crippen LogP contribution is 2.23. The van der Waals surface area contributed by atoms with E-state index in [9.17, 15) is 0 Å². The first-order valence-electron chi connectivity index (χ1n) is 9.33. The van der Waals surface area contributed by atoms with Crippen LogP contribution in [0.1, 0.15) is 29.5 Å². The summed E-state index contributed by atoms with van der Waals surface area (Å²) in [5.41, 5.74) is 5.06. The maximum atomic E-state index is 5.34. The van der Waals surface area contributed by atoms with E-state index in [4.69, 9.17) is 4.52 Å². The highest BCUT2D eigenvalue weighted by molar-refractivity contribution is 14.0. The fourth-order valence-corrected chi connectivity index (χ4v) is 3.34. The van der Waals surface area contributed by atoms with Crippen LogP contribution in [-0.4, -0.2) is 49.2 Å². The molecule has 1 N–H and O–H groups in total. The number of nitrogens with zero attached hydrogens (tertiary/aromatic N) is 4. The van der Waals surface area contributed by atoms with Crippen LogP contribution in [0.25, 0.3) is 0 Å². The Balaban J connectivity index is 0.00000261. The Morgan fingerprint density at radius 3 is 2.59 bits per heavy atom. The van der Waals surface area contributed by atoms with Crippen LogP contribution in [0, 0.1) is 13.8 Å². The topological polar surface area (TPSA) is 56.9 Å². The average molecular weight is 483 g/mol. The van der Waals surface area contributed by atoms with Crippen molar-refractivity contribution in [3.8, 4) is 0 Å². The van der Waals surface area contributed by atoms with Crippen LogP contribution in [0.4, 0.5) is 5.69 Å². The molecule has 1 aromatic carbocycles. The number of guanidine groups is 1. The number of hydrogen-bond donors (Lipinski definition) is 1. The predicted molar refractivity (Wildman–Crippen MR) is 121 cm³/mol. The van der Waals surface area contributed by atoms with Gasteiger partial charge in [0.15, 0.2) is 11.7 Å². The maximum absolute atomic E-state index is 5.34. The number of nitrogens with one attached hydrogen (secondary N) is 1. The van der Waals surface area contributed by atoms with E-state index in [1.165, 1.54) is 16.8 Å². The molecule has 0 aliphatic carbocycles. The van der Waals surface area contributed by atoms with Gasteiger partial charge in [-0.1, -0.05) is 24.2 Å². The highest BCUT2D eigenvalue weighted by Gasteiger charge is 2.21. The maximum Gasteiger partial charge on any atom is 0.194 e. The van der Waals surface area contributed by atoms with E-state index in [2.05, 4.69) is 64.2 Å². The molecule has 0 spiro atoms. The van der Waals surface area contributed by atoms with Gasteiger partial charge in [-0.05, 0) is 37.5 Å². The first-order chi connectivity index (χ1) is 12.6. The Bertz CT molecular complexity index is 765. The molecule has 1 aromatic heterocycles. The SMILES string of the molecule is CCc1cc(CNC(=NC)N2CCN(c3cccc(C)c3C)CC2)on1.I. The molecule has 0 bridgehead atoms. The third-order valence-electron chi connectivity index (χ3n) is 5.10. The Labute approximate surface area is 179 Å². The molecule has 1 saturated heterocycles. The molecule has 0 amide bonds. The van der Waals surface area contributed by atoms with Gasteiger partial charge in [-0.3, -0.25) is 4.99 Å². The molecule has 1 fully saturated rings. The van der Waals surface area contributed by atoms with Crippen LogP contribution in [0.3, 0.4) is 0 Å². The van der Waals surface area contributed by atoms with Gasteiger partial charge in [0.05, 0.1) is 12.2 Å². The Morgan fingerprint density at radius 2 is 1.96 bits per heavy atom. The molecule has 0 atom stereocenters. The Morgan fingerprint density at radius 1 is 1.22 bits per heavy atom. The second kappa shape index (κ2) is 9.96. The largest absolute Gasteiger partial charge is 0.368 e. The van der Waals surface area contributed by atoms with Gasteiger partial charge in [0, 0.05) is 45.0 Å². The number of aliphatic imine (C=N–C) groups is 1. The van der Waals surface area contributed by atoms with Crippen molar-refractivity contribution in [1.29, 1.82) is 0 Å². The lowest BCUT2D eigenvalue weighted by atomic mass is 10.1. The highest BCUT2D eigenvalue weighted by atomic mass is 127. The monoisotopic (exact) mass is 483 g/mol. The van der Waals surface area contributed by atoms with Crippen molar-refractivity contribution < 1.29 is 4.52 Å². The number of hydrogen-bond acceptors (Lipinski definition) is 4. The van der Waals surface area contributed by atoms with Crippen molar-refractivity contribution in [1.82, 2.24) is 15.4 Å². The molecule has 0 radical (unpaired) electrons. The Kier molecular flexibility index (Phi) is 7.94. The molecule has 0 saturated carbocycles. The van der Waals surface area contributed by atoms with Crippen LogP contribution in [-0.2, 0) is 13.0 Å². The van der Waals surface area contributed by atoms with Gasteiger partial charge in [-0.15, -0.1) is 24.0 Å². The van der Waals surface area contributed by atoms with E-state index < -0.39 is 0 Å². The second-order valence-corrected chi connectivity index (χ2v) is 6.73. The molecule has 0 unspecified atom stereocenters. The Hall–Kier alpha value is -1.77. The summed E-state index contributed by atoms with van der Waals surface area (Å²) < 4.78 is 5.34. The third kappa shape index (κ3) is 5.15. The van der Waals surface area contributed by atoms with Gasteiger partial charge < -0.3 is 19.6 Å². The smallest absolute Gasteiger partial charge is 0.194 e. The number of aromatic nitrogens is 1. The minimum atomic E-state index is 0. The molecule has 2 aromatic rings. The van der Waals surface area contributed by atoms with E-state index in [0.29, 0.717) is 6.54 Å². The van der Waals surface area contributed by atoms with Crippen molar-refractivity contribution in [2.24, 2.45) is 4.99 Å².